The maximum Gasteiger partial charge on any atom is 0.315 e. The Hall–Kier alpha value is -1.90. The molecule has 0 bridgehead atoms. The van der Waals surface area contributed by atoms with Crippen LogP contribution in [0.25, 0.3) is 0 Å². The van der Waals surface area contributed by atoms with Gasteiger partial charge in [0.1, 0.15) is 0 Å². The monoisotopic (exact) mass is 313 g/mol. The third-order valence-electron chi connectivity index (χ3n) is 2.13. The first-order valence-electron chi connectivity index (χ1n) is 5.69. The van der Waals surface area contributed by atoms with Gasteiger partial charge < -0.3 is 16.0 Å². The van der Waals surface area contributed by atoms with Crippen LogP contribution in [-0.4, -0.2) is 25.0 Å². The summed E-state index contributed by atoms with van der Waals surface area (Å²) in [5.41, 5.74) is 0.392. The number of urea groups is 1. The fourth-order valence-electron chi connectivity index (χ4n) is 1.22. The molecule has 7 heteroatoms. The molecule has 1 rings (SSSR count). The highest BCUT2D eigenvalue weighted by atomic mass is 35.5. The van der Waals surface area contributed by atoms with Gasteiger partial charge in [0.05, 0.1) is 23.8 Å². The summed E-state index contributed by atoms with van der Waals surface area (Å²) in [5, 5.41) is 8.23. The molecule has 0 aliphatic heterocycles. The van der Waals surface area contributed by atoms with E-state index in [4.69, 9.17) is 23.2 Å². The summed E-state index contributed by atoms with van der Waals surface area (Å²) >= 11 is 11.7. The highest BCUT2D eigenvalue weighted by Crippen LogP contribution is 2.25. The lowest BCUT2D eigenvalue weighted by Gasteiger charge is -2.08. The highest BCUT2D eigenvalue weighted by Gasteiger charge is 2.08. The minimum absolute atomic E-state index is 0.186. The van der Waals surface area contributed by atoms with E-state index in [1.165, 1.54) is 6.07 Å². The normalized spacial score (nSPS) is 9.15. The van der Waals surface area contributed by atoms with E-state index >= 15 is 0 Å². The van der Waals surface area contributed by atoms with E-state index in [1.54, 1.807) is 19.1 Å². The molecule has 0 heterocycles. The van der Waals surface area contributed by atoms with Crippen LogP contribution < -0.4 is 16.0 Å². The van der Waals surface area contributed by atoms with Gasteiger partial charge in [0.2, 0.25) is 5.91 Å². The lowest BCUT2D eigenvalue weighted by molar-refractivity contribution is -0.115. The number of halogens is 2. The quantitative estimate of drug-likeness (QED) is 0.746. The van der Waals surface area contributed by atoms with Crippen molar-refractivity contribution >= 4 is 40.8 Å². The summed E-state index contributed by atoms with van der Waals surface area (Å²) in [6.07, 6.45) is 0. The zero-order chi connectivity index (χ0) is 15.0. The van der Waals surface area contributed by atoms with Crippen LogP contribution in [0.1, 0.15) is 6.92 Å². The maximum absolute atomic E-state index is 11.6. The van der Waals surface area contributed by atoms with Crippen molar-refractivity contribution in [2.24, 2.45) is 0 Å². The Kier molecular flexibility index (Phi) is 6.71. The van der Waals surface area contributed by atoms with Gasteiger partial charge in [0.25, 0.3) is 0 Å². The molecular weight excluding hydrogens is 301 g/mol. The first-order valence-corrected chi connectivity index (χ1v) is 6.44. The Morgan fingerprint density at radius 1 is 1.25 bits per heavy atom. The average molecular weight is 314 g/mol. The number of amides is 3. The van der Waals surface area contributed by atoms with E-state index in [2.05, 4.69) is 27.8 Å². The van der Waals surface area contributed by atoms with Crippen molar-refractivity contribution in [1.29, 1.82) is 0 Å². The zero-order valence-electron chi connectivity index (χ0n) is 10.7. The molecule has 0 saturated carbocycles. The molecule has 3 amide bonds. The van der Waals surface area contributed by atoms with Crippen molar-refractivity contribution in [2.45, 2.75) is 6.92 Å². The van der Waals surface area contributed by atoms with Crippen LogP contribution in [0.3, 0.4) is 0 Å². The van der Waals surface area contributed by atoms with Crippen molar-refractivity contribution in [1.82, 2.24) is 10.6 Å². The minimum atomic E-state index is -0.472. The van der Waals surface area contributed by atoms with Crippen LogP contribution in [0, 0.1) is 11.8 Å². The zero-order valence-corrected chi connectivity index (χ0v) is 12.2. The molecule has 0 saturated heterocycles. The lowest BCUT2D eigenvalue weighted by atomic mass is 10.3. The Bertz CT molecular complexity index is 564. The predicted octanol–water partition coefficient (Wildman–Crippen LogP) is 2.25. The van der Waals surface area contributed by atoms with Gasteiger partial charge >= 0.3 is 6.03 Å². The Morgan fingerprint density at radius 2 is 2.00 bits per heavy atom. The Morgan fingerprint density at radius 3 is 2.70 bits per heavy atom. The van der Waals surface area contributed by atoms with Crippen molar-refractivity contribution in [3.05, 3.63) is 28.2 Å². The van der Waals surface area contributed by atoms with E-state index < -0.39 is 11.9 Å². The summed E-state index contributed by atoms with van der Waals surface area (Å²) in [7, 11) is 0. The summed E-state index contributed by atoms with van der Waals surface area (Å²) in [6.45, 7) is 1.71. The molecule has 5 nitrogen and oxygen atoms in total. The second-order valence-corrected chi connectivity index (χ2v) is 4.48. The molecule has 20 heavy (non-hydrogen) atoms. The van der Waals surface area contributed by atoms with Gasteiger partial charge in [-0.3, -0.25) is 4.79 Å². The third-order valence-corrected chi connectivity index (χ3v) is 2.69. The van der Waals surface area contributed by atoms with E-state index in [-0.39, 0.29) is 13.1 Å². The van der Waals surface area contributed by atoms with Crippen LogP contribution in [0.15, 0.2) is 18.2 Å². The fraction of sp³-hybridized carbons (Fsp3) is 0.231. The molecule has 106 valence electrons. The molecule has 0 spiro atoms. The van der Waals surface area contributed by atoms with Crippen LogP contribution in [0.4, 0.5) is 10.5 Å². The number of anilines is 1. The first kappa shape index (κ1) is 16.2. The van der Waals surface area contributed by atoms with Crippen LogP contribution >= 0.6 is 23.2 Å². The number of carbonyl (C=O) groups is 2. The standard InChI is InChI=1S/C13H13Cl2N3O2/c1-2-3-6-16-13(20)17-8-12(19)18-11-7-9(14)4-5-10(11)15/h4-5,7H,6,8H2,1H3,(H,18,19)(H2,16,17,20). The van der Waals surface area contributed by atoms with Gasteiger partial charge in [0, 0.05) is 5.02 Å². The number of hydrogen-bond donors (Lipinski definition) is 3. The van der Waals surface area contributed by atoms with Gasteiger partial charge in [-0.15, -0.1) is 5.92 Å². The van der Waals surface area contributed by atoms with E-state index in [9.17, 15) is 9.59 Å². The van der Waals surface area contributed by atoms with Gasteiger partial charge in [-0.05, 0) is 25.1 Å². The molecule has 0 aliphatic carbocycles. The number of carbonyl (C=O) groups excluding carboxylic acids is 2. The van der Waals surface area contributed by atoms with Crippen molar-refractivity contribution < 1.29 is 9.59 Å². The summed E-state index contributed by atoms with van der Waals surface area (Å²) < 4.78 is 0. The number of benzene rings is 1. The topological polar surface area (TPSA) is 70.2 Å². The molecular formula is C13H13Cl2N3O2. The smallest absolute Gasteiger partial charge is 0.315 e. The van der Waals surface area contributed by atoms with Gasteiger partial charge in [-0.2, -0.15) is 0 Å². The summed E-state index contributed by atoms with van der Waals surface area (Å²) in [6, 6.07) is 4.24. The Balaban J connectivity index is 2.41. The fourth-order valence-corrected chi connectivity index (χ4v) is 1.56. The molecule has 0 aromatic heterocycles. The molecule has 3 N–H and O–H groups in total. The molecule has 0 unspecified atom stereocenters. The van der Waals surface area contributed by atoms with Crippen molar-refractivity contribution in [3.63, 3.8) is 0 Å². The maximum atomic E-state index is 11.6. The molecule has 1 aromatic carbocycles. The second-order valence-electron chi connectivity index (χ2n) is 3.64. The predicted molar refractivity (Wildman–Crippen MR) is 79.9 cm³/mol. The van der Waals surface area contributed by atoms with Crippen LogP contribution in [-0.2, 0) is 4.79 Å². The molecule has 0 atom stereocenters. The average Bonchev–Trinajstić information content (AvgIpc) is 2.41. The molecule has 1 aromatic rings. The molecule has 0 radical (unpaired) electrons. The number of rotatable bonds is 4. The van der Waals surface area contributed by atoms with E-state index in [0.717, 1.165) is 0 Å². The first-order chi connectivity index (χ1) is 9.52. The van der Waals surface area contributed by atoms with Crippen molar-refractivity contribution in [3.8, 4) is 11.8 Å². The molecule has 0 aliphatic rings. The molecule has 0 fully saturated rings. The van der Waals surface area contributed by atoms with Gasteiger partial charge in [-0.1, -0.05) is 29.1 Å². The second kappa shape index (κ2) is 8.31. The number of nitrogens with one attached hydrogen (secondary N) is 3. The SMILES string of the molecule is CC#CCNC(=O)NCC(=O)Nc1cc(Cl)ccc1Cl. The lowest BCUT2D eigenvalue weighted by Crippen LogP contribution is -2.40. The highest BCUT2D eigenvalue weighted by molar-refractivity contribution is 6.35. The van der Waals surface area contributed by atoms with Gasteiger partial charge in [-0.25, -0.2) is 4.79 Å². The summed E-state index contributed by atoms with van der Waals surface area (Å²) in [4.78, 5) is 22.9. The largest absolute Gasteiger partial charge is 0.329 e. The third kappa shape index (κ3) is 5.83. The van der Waals surface area contributed by atoms with E-state index in [1.807, 2.05) is 0 Å². The Labute approximate surface area is 127 Å². The van der Waals surface area contributed by atoms with E-state index in [0.29, 0.717) is 15.7 Å². The van der Waals surface area contributed by atoms with Crippen LogP contribution in [0.5, 0.6) is 0 Å². The summed E-state index contributed by atoms with van der Waals surface area (Å²) in [5.74, 6) is 4.89. The van der Waals surface area contributed by atoms with Crippen molar-refractivity contribution in [2.75, 3.05) is 18.4 Å². The minimum Gasteiger partial charge on any atom is -0.329 e. The number of hydrogen-bond acceptors (Lipinski definition) is 2. The van der Waals surface area contributed by atoms with Gasteiger partial charge in [0.15, 0.2) is 0 Å². The van der Waals surface area contributed by atoms with Crippen LogP contribution in [0.2, 0.25) is 10.0 Å².